The third kappa shape index (κ3) is 2.23. The Morgan fingerprint density at radius 1 is 1.44 bits per heavy atom. The van der Waals surface area contributed by atoms with E-state index in [9.17, 15) is 10.0 Å². The van der Waals surface area contributed by atoms with Crippen LogP contribution in [0.15, 0.2) is 29.6 Å². The minimum absolute atomic E-state index is 0.320. The molecule has 2 rings (SSSR count). The van der Waals surface area contributed by atoms with Crippen molar-refractivity contribution in [2.75, 3.05) is 6.54 Å². The van der Waals surface area contributed by atoms with Crippen LogP contribution in [0.5, 0.6) is 0 Å². The van der Waals surface area contributed by atoms with Crippen LogP contribution >= 0.6 is 11.3 Å². The Morgan fingerprint density at radius 3 is 2.94 bits per heavy atom. The first-order valence-corrected chi connectivity index (χ1v) is 5.98. The van der Waals surface area contributed by atoms with Gasteiger partial charge in [0, 0.05) is 11.6 Å². The van der Waals surface area contributed by atoms with Gasteiger partial charge in [-0.3, -0.25) is 10.0 Å². The summed E-state index contributed by atoms with van der Waals surface area (Å²) >= 11 is 1.69. The summed E-state index contributed by atoms with van der Waals surface area (Å²) in [4.78, 5) is 10.8. The number of carbonyl (C=O) groups is 1. The van der Waals surface area contributed by atoms with Crippen molar-refractivity contribution >= 4 is 27.3 Å². The molecule has 2 aromatic rings. The van der Waals surface area contributed by atoms with Crippen molar-refractivity contribution in [3.63, 3.8) is 0 Å². The minimum Gasteiger partial charge on any atom is -0.286 e. The minimum atomic E-state index is -0.320. The predicted octanol–water partition coefficient (Wildman–Crippen LogP) is 2.68. The maximum Gasteiger partial charge on any atom is 0.242 e. The number of amides is 1. The van der Waals surface area contributed by atoms with Crippen molar-refractivity contribution in [2.24, 2.45) is 0 Å². The molecule has 4 heteroatoms. The molecule has 0 bridgehead atoms. The van der Waals surface area contributed by atoms with E-state index in [1.54, 1.807) is 11.3 Å². The lowest BCUT2D eigenvalue weighted by molar-refractivity contribution is -0.162. The highest BCUT2D eigenvalue weighted by Crippen LogP contribution is 2.25. The average Bonchev–Trinajstić information content (AvgIpc) is 2.69. The van der Waals surface area contributed by atoms with Crippen molar-refractivity contribution in [3.8, 4) is 0 Å². The van der Waals surface area contributed by atoms with Gasteiger partial charge in [0.05, 0.1) is 6.54 Å². The Morgan fingerprint density at radius 2 is 2.19 bits per heavy atom. The van der Waals surface area contributed by atoms with Crippen molar-refractivity contribution < 1.29 is 10.0 Å². The average molecular weight is 235 g/mol. The van der Waals surface area contributed by atoms with Crippen LogP contribution in [0.1, 0.15) is 12.5 Å². The molecule has 1 N–H and O–H groups in total. The summed E-state index contributed by atoms with van der Waals surface area (Å²) in [7, 11) is 0. The number of carbonyl (C=O) groups excluding carboxylic acids is 1. The lowest BCUT2D eigenvalue weighted by Crippen LogP contribution is -2.26. The number of nitrogens with zero attached hydrogens (tertiary/aromatic N) is 1. The molecule has 1 heterocycles. The summed E-state index contributed by atoms with van der Waals surface area (Å²) in [5.41, 5.74) is 1.18. The largest absolute Gasteiger partial charge is 0.286 e. The van der Waals surface area contributed by atoms with Gasteiger partial charge in [0.25, 0.3) is 0 Å². The number of fused-ring (bicyclic) bond motifs is 1. The van der Waals surface area contributed by atoms with Crippen LogP contribution in [0, 0.1) is 0 Å². The Kier molecular flexibility index (Phi) is 3.22. The van der Waals surface area contributed by atoms with E-state index in [1.165, 1.54) is 22.6 Å². The Hall–Kier alpha value is -1.39. The van der Waals surface area contributed by atoms with Gasteiger partial charge in [-0.05, 0) is 28.8 Å². The zero-order valence-electron chi connectivity index (χ0n) is 9.01. The highest BCUT2D eigenvalue weighted by Gasteiger charge is 2.07. The summed E-state index contributed by atoms with van der Waals surface area (Å²) in [6, 6.07) is 8.15. The number of rotatable bonds is 3. The van der Waals surface area contributed by atoms with E-state index < -0.39 is 0 Å². The number of hydrogen-bond donors (Lipinski definition) is 1. The highest BCUT2D eigenvalue weighted by molar-refractivity contribution is 7.17. The van der Waals surface area contributed by atoms with Gasteiger partial charge in [0.2, 0.25) is 5.91 Å². The third-order valence-electron chi connectivity index (χ3n) is 2.52. The molecule has 0 saturated carbocycles. The van der Waals surface area contributed by atoms with E-state index in [2.05, 4.69) is 17.5 Å². The van der Waals surface area contributed by atoms with Gasteiger partial charge in [0.1, 0.15) is 0 Å². The molecule has 1 aromatic carbocycles. The quantitative estimate of drug-likeness (QED) is 0.656. The van der Waals surface area contributed by atoms with Crippen LogP contribution in [-0.2, 0) is 11.2 Å². The summed E-state index contributed by atoms with van der Waals surface area (Å²) in [6.45, 7) is 1.70. The molecule has 3 nitrogen and oxygen atoms in total. The van der Waals surface area contributed by atoms with Crippen LogP contribution < -0.4 is 0 Å². The lowest BCUT2D eigenvalue weighted by Gasteiger charge is -2.11. The summed E-state index contributed by atoms with van der Waals surface area (Å²) < 4.78 is 1.24. The molecule has 0 saturated heterocycles. The number of hydroxylamine groups is 2. The molecule has 0 fully saturated rings. The third-order valence-corrected chi connectivity index (χ3v) is 3.53. The predicted molar refractivity (Wildman–Crippen MR) is 64.7 cm³/mol. The summed E-state index contributed by atoms with van der Waals surface area (Å²) in [5.74, 6) is -0.320. The fourth-order valence-electron chi connectivity index (χ4n) is 1.61. The second-order valence-corrected chi connectivity index (χ2v) is 4.56. The zero-order chi connectivity index (χ0) is 11.5. The number of benzene rings is 1. The Balaban J connectivity index is 2.13. The van der Waals surface area contributed by atoms with Crippen LogP contribution in [-0.4, -0.2) is 22.7 Å². The first-order valence-electron chi connectivity index (χ1n) is 5.10. The van der Waals surface area contributed by atoms with E-state index >= 15 is 0 Å². The van der Waals surface area contributed by atoms with E-state index in [-0.39, 0.29) is 5.91 Å². The van der Waals surface area contributed by atoms with Crippen molar-refractivity contribution in [2.45, 2.75) is 13.3 Å². The van der Waals surface area contributed by atoms with E-state index in [0.717, 1.165) is 5.06 Å². The van der Waals surface area contributed by atoms with Crippen LogP contribution in [0.3, 0.4) is 0 Å². The van der Waals surface area contributed by atoms with Gasteiger partial charge in [-0.25, -0.2) is 5.06 Å². The molecule has 0 atom stereocenters. The molecular weight excluding hydrogens is 222 g/mol. The van der Waals surface area contributed by atoms with E-state index in [0.29, 0.717) is 13.0 Å². The zero-order valence-corrected chi connectivity index (χ0v) is 9.83. The smallest absolute Gasteiger partial charge is 0.242 e. The van der Waals surface area contributed by atoms with Crippen molar-refractivity contribution in [1.29, 1.82) is 0 Å². The first kappa shape index (κ1) is 11.1. The van der Waals surface area contributed by atoms with Gasteiger partial charge >= 0.3 is 0 Å². The maximum atomic E-state index is 10.8. The number of thiophene rings is 1. The van der Waals surface area contributed by atoms with Gasteiger partial charge < -0.3 is 0 Å². The molecule has 16 heavy (non-hydrogen) atoms. The molecule has 0 aliphatic carbocycles. The van der Waals surface area contributed by atoms with E-state index in [4.69, 9.17) is 0 Å². The normalized spacial score (nSPS) is 10.6. The van der Waals surface area contributed by atoms with Crippen molar-refractivity contribution in [3.05, 3.63) is 35.2 Å². The molecule has 1 amide bonds. The standard InChI is InChI=1S/C12H13NO2S/c1-9(14)13(15)7-6-10-8-16-12-5-3-2-4-11(10)12/h2-5,8,15H,6-7H2,1H3. The molecule has 0 aliphatic rings. The van der Waals surface area contributed by atoms with Crippen molar-refractivity contribution in [1.82, 2.24) is 5.06 Å². The Labute approximate surface area is 97.9 Å². The lowest BCUT2D eigenvalue weighted by atomic mass is 10.1. The summed E-state index contributed by atoms with van der Waals surface area (Å²) in [6.07, 6.45) is 0.681. The Bertz CT molecular complexity index is 506. The van der Waals surface area contributed by atoms with Gasteiger partial charge in [-0.2, -0.15) is 0 Å². The van der Waals surface area contributed by atoms with Gasteiger partial charge in [-0.1, -0.05) is 18.2 Å². The molecule has 0 unspecified atom stereocenters. The van der Waals surface area contributed by atoms with Gasteiger partial charge in [-0.15, -0.1) is 11.3 Å². The molecular formula is C12H13NO2S. The second kappa shape index (κ2) is 4.63. The highest BCUT2D eigenvalue weighted by atomic mass is 32.1. The van der Waals surface area contributed by atoms with Crippen LogP contribution in [0.25, 0.3) is 10.1 Å². The first-order chi connectivity index (χ1) is 7.68. The summed E-state index contributed by atoms with van der Waals surface area (Å²) in [5, 5.41) is 13.3. The SMILES string of the molecule is CC(=O)N(O)CCc1csc2ccccc12. The topological polar surface area (TPSA) is 40.5 Å². The molecule has 0 spiro atoms. The van der Waals surface area contributed by atoms with Crippen LogP contribution in [0.4, 0.5) is 0 Å². The molecule has 0 aliphatic heterocycles. The molecule has 1 aromatic heterocycles. The second-order valence-electron chi connectivity index (χ2n) is 3.65. The molecule has 0 radical (unpaired) electrons. The maximum absolute atomic E-state index is 10.8. The fraction of sp³-hybridized carbons (Fsp3) is 0.250. The molecule has 84 valence electrons. The fourth-order valence-corrected chi connectivity index (χ4v) is 2.61. The number of hydrogen-bond acceptors (Lipinski definition) is 3. The van der Waals surface area contributed by atoms with E-state index in [1.807, 2.05) is 12.1 Å². The van der Waals surface area contributed by atoms with Gasteiger partial charge in [0.15, 0.2) is 0 Å². The monoisotopic (exact) mass is 235 g/mol. The van der Waals surface area contributed by atoms with Crippen LogP contribution in [0.2, 0.25) is 0 Å².